The molecule has 0 unspecified atom stereocenters. The van der Waals surface area contributed by atoms with E-state index in [-0.39, 0.29) is 11.7 Å². The third kappa shape index (κ3) is 4.51. The molecule has 0 saturated heterocycles. The quantitative estimate of drug-likeness (QED) is 0.620. The van der Waals surface area contributed by atoms with Crippen molar-refractivity contribution in [1.82, 2.24) is 5.32 Å². The molecule has 1 aromatic rings. The lowest BCUT2D eigenvalue weighted by Gasteiger charge is -2.23. The summed E-state index contributed by atoms with van der Waals surface area (Å²) in [5, 5.41) is 4.06. The van der Waals surface area contributed by atoms with E-state index in [0.29, 0.717) is 18.3 Å². The lowest BCUT2D eigenvalue weighted by molar-refractivity contribution is -0.120. The number of amides is 1. The molecule has 5 heteroatoms. The molecule has 0 aliphatic carbocycles. The van der Waals surface area contributed by atoms with Crippen LogP contribution >= 0.6 is 12.6 Å². The normalized spacial score (nSPS) is 11.3. The number of carbonyl (C=O) groups is 1. The average Bonchev–Trinajstić information content (AvgIpc) is 2.28. The largest absolute Gasteiger partial charge is 0.359 e. The van der Waals surface area contributed by atoms with Gasteiger partial charge in [-0.1, -0.05) is 30.4 Å². The van der Waals surface area contributed by atoms with Crippen molar-refractivity contribution in [2.45, 2.75) is 19.5 Å². The second-order valence-corrected chi connectivity index (χ2v) is 9.79. The fraction of sp³-hybridized carbons (Fsp3) is 0.417. The van der Waals surface area contributed by atoms with Crippen molar-refractivity contribution in [2.75, 3.05) is 11.9 Å². The van der Waals surface area contributed by atoms with Gasteiger partial charge in [0.25, 0.3) is 0 Å². The molecule has 0 aliphatic heterocycles. The summed E-state index contributed by atoms with van der Waals surface area (Å²) in [5.74, 6) is 0.366. The fourth-order valence-corrected chi connectivity index (χ4v) is 3.63. The van der Waals surface area contributed by atoms with Crippen molar-refractivity contribution >= 4 is 31.8 Å². The van der Waals surface area contributed by atoms with Crippen LogP contribution in [-0.4, -0.2) is 25.9 Å². The van der Waals surface area contributed by atoms with Gasteiger partial charge >= 0.3 is 0 Å². The van der Waals surface area contributed by atoms with Crippen LogP contribution in [0, 0.1) is 5.82 Å². The van der Waals surface area contributed by atoms with E-state index in [1.165, 1.54) is 12.1 Å². The highest BCUT2D eigenvalue weighted by atomic mass is 32.1. The monoisotopic (exact) mass is 271 g/mol. The van der Waals surface area contributed by atoms with Crippen molar-refractivity contribution in [3.8, 4) is 0 Å². The van der Waals surface area contributed by atoms with Crippen molar-refractivity contribution in [2.24, 2.45) is 0 Å². The smallest absolute Gasteiger partial charge is 0.220 e. The molecule has 0 spiro atoms. The molecule has 94 valence electrons. The third-order valence-electron chi connectivity index (χ3n) is 2.69. The molecule has 17 heavy (non-hydrogen) atoms. The Labute approximate surface area is 108 Å². The van der Waals surface area contributed by atoms with Gasteiger partial charge in [-0.2, -0.15) is 12.6 Å². The van der Waals surface area contributed by atoms with E-state index in [4.69, 9.17) is 0 Å². The minimum Gasteiger partial charge on any atom is -0.359 e. The molecule has 0 radical (unpaired) electrons. The molecule has 2 nitrogen and oxygen atoms in total. The van der Waals surface area contributed by atoms with Gasteiger partial charge in [-0.05, 0) is 17.9 Å². The number of thiol groups is 1. The summed E-state index contributed by atoms with van der Waals surface area (Å²) in [6.45, 7) is 4.31. The second kappa shape index (κ2) is 6.21. The molecule has 0 aliphatic rings. The van der Waals surface area contributed by atoms with Gasteiger partial charge in [-0.3, -0.25) is 4.79 Å². The standard InChI is InChI=1S/C12H18FNOSSi/c1-17(2,9-14-12(15)7-8-16)11-5-3-10(13)4-6-11/h3-6,16H,7-9H2,1-2H3,(H,14,15). The maximum absolute atomic E-state index is 12.8. The van der Waals surface area contributed by atoms with E-state index in [2.05, 4.69) is 31.0 Å². The van der Waals surface area contributed by atoms with Crippen LogP contribution in [0.1, 0.15) is 6.42 Å². The minimum atomic E-state index is -1.72. The number of halogens is 1. The van der Waals surface area contributed by atoms with E-state index in [9.17, 15) is 9.18 Å². The number of nitrogens with one attached hydrogen (secondary N) is 1. The van der Waals surface area contributed by atoms with E-state index in [0.717, 1.165) is 5.19 Å². The molecule has 1 N–H and O–H groups in total. The van der Waals surface area contributed by atoms with E-state index >= 15 is 0 Å². The fourth-order valence-electron chi connectivity index (χ4n) is 1.51. The average molecular weight is 271 g/mol. The van der Waals surface area contributed by atoms with Gasteiger partial charge in [0.1, 0.15) is 13.9 Å². The molecule has 1 aromatic carbocycles. The zero-order valence-electron chi connectivity index (χ0n) is 10.2. The van der Waals surface area contributed by atoms with Crippen molar-refractivity contribution in [1.29, 1.82) is 0 Å². The van der Waals surface area contributed by atoms with Gasteiger partial charge in [-0.25, -0.2) is 4.39 Å². The van der Waals surface area contributed by atoms with Gasteiger partial charge in [0, 0.05) is 12.6 Å². The highest BCUT2D eigenvalue weighted by Crippen LogP contribution is 2.03. The summed E-state index contributed by atoms with van der Waals surface area (Å²) in [7, 11) is -1.72. The summed E-state index contributed by atoms with van der Waals surface area (Å²) in [4.78, 5) is 11.4. The number of carbonyl (C=O) groups excluding carboxylic acids is 1. The highest BCUT2D eigenvalue weighted by molar-refractivity contribution is 7.80. The van der Waals surface area contributed by atoms with Gasteiger partial charge in [0.15, 0.2) is 0 Å². The van der Waals surface area contributed by atoms with Crippen LogP contribution in [0.25, 0.3) is 0 Å². The predicted molar refractivity (Wildman–Crippen MR) is 75.0 cm³/mol. The Kier molecular flexibility index (Phi) is 5.20. The molecule has 0 saturated carbocycles. The number of rotatable bonds is 5. The maximum Gasteiger partial charge on any atom is 0.220 e. The molecule has 0 heterocycles. The Balaban J connectivity index is 2.61. The molecular weight excluding hydrogens is 253 g/mol. The van der Waals surface area contributed by atoms with Crippen molar-refractivity contribution in [3.05, 3.63) is 30.1 Å². The van der Waals surface area contributed by atoms with Crippen LogP contribution in [0.2, 0.25) is 13.1 Å². The Morgan fingerprint density at radius 1 is 1.35 bits per heavy atom. The molecule has 0 aromatic heterocycles. The van der Waals surface area contributed by atoms with Crippen LogP contribution in [0.15, 0.2) is 24.3 Å². The van der Waals surface area contributed by atoms with Gasteiger partial charge in [0.2, 0.25) is 5.91 Å². The highest BCUT2D eigenvalue weighted by Gasteiger charge is 2.23. The lowest BCUT2D eigenvalue weighted by Crippen LogP contribution is -2.51. The molecule has 0 atom stereocenters. The number of hydrogen-bond acceptors (Lipinski definition) is 2. The van der Waals surface area contributed by atoms with Gasteiger partial charge in [0.05, 0.1) is 0 Å². The Morgan fingerprint density at radius 3 is 2.47 bits per heavy atom. The van der Waals surface area contributed by atoms with Crippen molar-refractivity contribution < 1.29 is 9.18 Å². The SMILES string of the molecule is C[Si](C)(CNC(=O)CCS)c1ccc(F)cc1. The van der Waals surface area contributed by atoms with Gasteiger partial charge < -0.3 is 5.32 Å². The maximum atomic E-state index is 12.8. The molecular formula is C12H18FNOSSi. The number of hydrogen-bond donors (Lipinski definition) is 2. The predicted octanol–water partition coefficient (Wildman–Crippen LogP) is 1.72. The van der Waals surface area contributed by atoms with E-state index in [1.807, 2.05) is 12.1 Å². The van der Waals surface area contributed by atoms with Crippen LogP contribution in [-0.2, 0) is 4.79 Å². The molecule has 1 rings (SSSR count). The first-order chi connectivity index (χ1) is 7.95. The van der Waals surface area contributed by atoms with Crippen LogP contribution in [0.3, 0.4) is 0 Å². The van der Waals surface area contributed by atoms with Crippen LogP contribution in [0.4, 0.5) is 4.39 Å². The first-order valence-corrected chi connectivity index (χ1v) is 9.43. The Morgan fingerprint density at radius 2 is 1.94 bits per heavy atom. The summed E-state index contributed by atoms with van der Waals surface area (Å²) in [6, 6.07) is 6.57. The van der Waals surface area contributed by atoms with E-state index < -0.39 is 8.07 Å². The Bertz CT molecular complexity index is 381. The minimum absolute atomic E-state index is 0.0303. The van der Waals surface area contributed by atoms with Gasteiger partial charge in [-0.15, -0.1) is 0 Å². The summed E-state index contributed by atoms with van der Waals surface area (Å²) in [5.41, 5.74) is 0. The zero-order chi connectivity index (χ0) is 12.9. The summed E-state index contributed by atoms with van der Waals surface area (Å²) < 4.78 is 12.8. The summed E-state index contributed by atoms with van der Waals surface area (Å²) >= 11 is 4.02. The number of benzene rings is 1. The summed E-state index contributed by atoms with van der Waals surface area (Å²) in [6.07, 6.45) is 1.11. The third-order valence-corrected chi connectivity index (χ3v) is 5.87. The molecule has 1 amide bonds. The first kappa shape index (κ1) is 14.2. The lowest BCUT2D eigenvalue weighted by atomic mass is 10.3. The zero-order valence-corrected chi connectivity index (χ0v) is 12.1. The van der Waals surface area contributed by atoms with Crippen LogP contribution < -0.4 is 10.5 Å². The van der Waals surface area contributed by atoms with E-state index in [1.54, 1.807) is 0 Å². The molecule has 0 bridgehead atoms. The topological polar surface area (TPSA) is 29.1 Å². The first-order valence-electron chi connectivity index (χ1n) is 5.59. The molecule has 0 fully saturated rings. The van der Waals surface area contributed by atoms with Crippen LogP contribution in [0.5, 0.6) is 0 Å². The van der Waals surface area contributed by atoms with Crippen molar-refractivity contribution in [3.63, 3.8) is 0 Å². The second-order valence-electron chi connectivity index (χ2n) is 4.64. The Hall–Kier alpha value is -0.813.